The molecule has 54 valence electrons. The summed E-state index contributed by atoms with van der Waals surface area (Å²) >= 11 is 7.69. The van der Waals surface area contributed by atoms with Gasteiger partial charge in [0.15, 0.2) is 0 Å². The van der Waals surface area contributed by atoms with Gasteiger partial charge < -0.3 is 0 Å². The first-order valence-corrected chi connectivity index (χ1v) is 5.19. The molecule has 0 amide bonds. The average Bonchev–Trinajstić information content (AvgIpc) is 2.34. The maximum Gasteiger partial charge on any atom is 0.0223 e. The van der Waals surface area contributed by atoms with Gasteiger partial charge in [-0.15, -0.1) is 11.6 Å². The van der Waals surface area contributed by atoms with Gasteiger partial charge in [-0.25, -0.2) is 0 Å². The molecule has 1 rings (SSSR count). The molecule has 1 fully saturated rings. The third-order valence-electron chi connectivity index (χ3n) is 1.68. The summed E-state index contributed by atoms with van der Waals surface area (Å²) in [5.41, 5.74) is 0. The molecule has 1 unspecified atom stereocenters. The van der Waals surface area contributed by atoms with E-state index in [2.05, 4.69) is 11.8 Å². The highest BCUT2D eigenvalue weighted by molar-refractivity contribution is 8.00. The maximum absolute atomic E-state index is 5.57. The van der Waals surface area contributed by atoms with Gasteiger partial charge in [-0.1, -0.05) is 0 Å². The average molecular weight is 165 g/mol. The summed E-state index contributed by atoms with van der Waals surface area (Å²) in [6.07, 6.45) is 5.41. The number of hydrogen-bond donors (Lipinski definition) is 0. The topological polar surface area (TPSA) is 0 Å². The Kier molecular flexibility index (Phi) is 3.83. The van der Waals surface area contributed by atoms with E-state index in [1.807, 2.05) is 0 Å². The molecule has 2 heteroatoms. The minimum absolute atomic E-state index is 0.844. The Morgan fingerprint density at radius 2 is 2.44 bits per heavy atom. The Morgan fingerprint density at radius 1 is 1.56 bits per heavy atom. The van der Waals surface area contributed by atoms with Crippen molar-refractivity contribution in [3.05, 3.63) is 0 Å². The van der Waals surface area contributed by atoms with E-state index < -0.39 is 0 Å². The van der Waals surface area contributed by atoms with E-state index in [1.165, 1.54) is 31.4 Å². The molecule has 0 aliphatic carbocycles. The summed E-state index contributed by atoms with van der Waals surface area (Å²) in [5.74, 6) is 2.23. The van der Waals surface area contributed by atoms with Crippen LogP contribution >= 0.6 is 23.4 Å². The summed E-state index contributed by atoms with van der Waals surface area (Å²) in [5, 5.41) is 0.948. The van der Waals surface area contributed by atoms with Crippen LogP contribution in [0.25, 0.3) is 0 Å². The van der Waals surface area contributed by atoms with Crippen molar-refractivity contribution in [3.8, 4) is 0 Å². The fourth-order valence-electron chi connectivity index (χ4n) is 1.18. The molecule has 0 radical (unpaired) electrons. The Balaban J connectivity index is 1.98. The zero-order valence-corrected chi connectivity index (χ0v) is 7.18. The van der Waals surface area contributed by atoms with Gasteiger partial charge in [-0.3, -0.25) is 0 Å². The van der Waals surface area contributed by atoms with Crippen LogP contribution in [0.4, 0.5) is 0 Å². The van der Waals surface area contributed by atoms with E-state index in [1.54, 1.807) is 0 Å². The first kappa shape index (κ1) is 7.74. The number of rotatable bonds is 3. The molecule has 1 aliphatic heterocycles. The van der Waals surface area contributed by atoms with Crippen molar-refractivity contribution in [1.82, 2.24) is 0 Å². The second-order valence-electron chi connectivity index (χ2n) is 2.47. The SMILES string of the molecule is ClCCCC1CCCS1. The van der Waals surface area contributed by atoms with Crippen molar-refractivity contribution in [2.75, 3.05) is 11.6 Å². The van der Waals surface area contributed by atoms with Crippen LogP contribution < -0.4 is 0 Å². The van der Waals surface area contributed by atoms with Crippen molar-refractivity contribution < 1.29 is 0 Å². The predicted octanol–water partition coefficient (Wildman–Crippen LogP) is 2.90. The lowest BCUT2D eigenvalue weighted by molar-refractivity contribution is 0.705. The van der Waals surface area contributed by atoms with Gasteiger partial charge in [0.25, 0.3) is 0 Å². The minimum atomic E-state index is 0.844. The number of thioether (sulfide) groups is 1. The van der Waals surface area contributed by atoms with E-state index >= 15 is 0 Å². The minimum Gasteiger partial charge on any atom is -0.159 e. The zero-order valence-electron chi connectivity index (χ0n) is 5.61. The summed E-state index contributed by atoms with van der Waals surface area (Å²) in [7, 11) is 0. The second kappa shape index (κ2) is 4.45. The molecule has 0 N–H and O–H groups in total. The lowest BCUT2D eigenvalue weighted by Gasteiger charge is -2.04. The van der Waals surface area contributed by atoms with Crippen LogP contribution in [0, 0.1) is 0 Å². The smallest absolute Gasteiger partial charge is 0.0223 e. The molecule has 0 saturated carbocycles. The van der Waals surface area contributed by atoms with Crippen molar-refractivity contribution >= 4 is 23.4 Å². The first-order chi connectivity index (χ1) is 4.43. The van der Waals surface area contributed by atoms with E-state index in [4.69, 9.17) is 11.6 Å². The molecule has 9 heavy (non-hydrogen) atoms. The van der Waals surface area contributed by atoms with Crippen LogP contribution in [0.1, 0.15) is 25.7 Å². The number of hydrogen-bond acceptors (Lipinski definition) is 1. The lowest BCUT2D eigenvalue weighted by Crippen LogP contribution is -1.95. The van der Waals surface area contributed by atoms with E-state index in [-0.39, 0.29) is 0 Å². The monoisotopic (exact) mass is 164 g/mol. The van der Waals surface area contributed by atoms with Gasteiger partial charge in [0, 0.05) is 11.1 Å². The van der Waals surface area contributed by atoms with Crippen LogP contribution in [0.5, 0.6) is 0 Å². The third-order valence-corrected chi connectivity index (χ3v) is 3.42. The summed E-state index contributed by atoms with van der Waals surface area (Å²) in [6.45, 7) is 0. The van der Waals surface area contributed by atoms with Gasteiger partial charge in [-0.2, -0.15) is 11.8 Å². The Morgan fingerprint density at radius 3 is 3.00 bits per heavy atom. The highest BCUT2D eigenvalue weighted by Gasteiger charge is 2.13. The zero-order chi connectivity index (χ0) is 6.53. The summed E-state index contributed by atoms with van der Waals surface area (Å²) in [4.78, 5) is 0. The molecule has 0 aromatic heterocycles. The lowest BCUT2D eigenvalue weighted by atomic mass is 10.2. The fourth-order valence-corrected chi connectivity index (χ4v) is 2.66. The molecular weight excluding hydrogens is 152 g/mol. The molecule has 1 heterocycles. The molecule has 0 aromatic rings. The largest absolute Gasteiger partial charge is 0.159 e. The van der Waals surface area contributed by atoms with Crippen LogP contribution in [0.2, 0.25) is 0 Å². The van der Waals surface area contributed by atoms with Crippen molar-refractivity contribution in [1.29, 1.82) is 0 Å². The van der Waals surface area contributed by atoms with Crippen LogP contribution in [0.3, 0.4) is 0 Å². The van der Waals surface area contributed by atoms with Crippen molar-refractivity contribution in [2.45, 2.75) is 30.9 Å². The molecule has 1 atom stereocenters. The Labute approximate surface area is 66.3 Å². The predicted molar refractivity (Wildman–Crippen MR) is 45.4 cm³/mol. The first-order valence-electron chi connectivity index (χ1n) is 3.61. The fraction of sp³-hybridized carbons (Fsp3) is 1.00. The highest BCUT2D eigenvalue weighted by Crippen LogP contribution is 2.29. The highest BCUT2D eigenvalue weighted by atomic mass is 35.5. The van der Waals surface area contributed by atoms with Crippen LogP contribution in [-0.4, -0.2) is 16.9 Å². The van der Waals surface area contributed by atoms with Gasteiger partial charge >= 0.3 is 0 Å². The van der Waals surface area contributed by atoms with Gasteiger partial charge in [0.1, 0.15) is 0 Å². The van der Waals surface area contributed by atoms with E-state index in [0.29, 0.717) is 0 Å². The van der Waals surface area contributed by atoms with Gasteiger partial charge in [-0.05, 0) is 31.4 Å². The third kappa shape index (κ3) is 2.81. The van der Waals surface area contributed by atoms with E-state index in [0.717, 1.165) is 11.1 Å². The molecule has 0 spiro atoms. The standard InChI is InChI=1S/C7H13ClS/c8-5-1-3-7-4-2-6-9-7/h7H,1-6H2. The normalized spacial score (nSPS) is 27.0. The van der Waals surface area contributed by atoms with Crippen molar-refractivity contribution in [2.24, 2.45) is 0 Å². The molecule has 0 nitrogen and oxygen atoms in total. The van der Waals surface area contributed by atoms with E-state index in [9.17, 15) is 0 Å². The number of halogens is 1. The molecule has 1 saturated heterocycles. The molecule has 0 bridgehead atoms. The summed E-state index contributed by atoms with van der Waals surface area (Å²) < 4.78 is 0. The van der Waals surface area contributed by atoms with Crippen molar-refractivity contribution in [3.63, 3.8) is 0 Å². The Hall–Kier alpha value is 0.640. The number of alkyl halides is 1. The molecular formula is C7H13ClS. The second-order valence-corrected chi connectivity index (χ2v) is 4.25. The van der Waals surface area contributed by atoms with Crippen LogP contribution in [0.15, 0.2) is 0 Å². The Bertz CT molecular complexity index is 69.3. The van der Waals surface area contributed by atoms with Gasteiger partial charge in [0.2, 0.25) is 0 Å². The maximum atomic E-state index is 5.57. The molecule has 0 aromatic carbocycles. The summed E-state index contributed by atoms with van der Waals surface area (Å²) in [6, 6.07) is 0. The van der Waals surface area contributed by atoms with Crippen LogP contribution in [-0.2, 0) is 0 Å². The quantitative estimate of drug-likeness (QED) is 0.579. The molecule has 1 aliphatic rings. The van der Waals surface area contributed by atoms with Gasteiger partial charge in [0.05, 0.1) is 0 Å².